The summed E-state index contributed by atoms with van der Waals surface area (Å²) in [5.74, 6) is 1.89. The molecule has 11 aromatic rings. The SMILES string of the molecule is c1ccc(-c2cccc(-c3nc(-c4ccccc4)nc(-c4cccc(-c5c(-c6cccc7c6-c6ccccc6C76c7ccccc7-c7ccccc76)ccc6ccccc56)c4)n3)c2)cc1. The highest BCUT2D eigenvalue weighted by Crippen LogP contribution is 2.64. The molecule has 13 rings (SSSR count). The number of benzene rings is 10. The summed E-state index contributed by atoms with van der Waals surface area (Å²) >= 11 is 0. The topological polar surface area (TPSA) is 38.7 Å². The maximum absolute atomic E-state index is 5.24. The molecule has 0 bridgehead atoms. The quantitative estimate of drug-likeness (QED) is 0.168. The monoisotopic (exact) mass is 825 g/mol. The number of hydrogen-bond acceptors (Lipinski definition) is 3. The third-order valence-corrected chi connectivity index (χ3v) is 13.5. The van der Waals surface area contributed by atoms with Crippen LogP contribution in [0.25, 0.3) is 101 Å². The van der Waals surface area contributed by atoms with E-state index in [2.05, 4.69) is 212 Å². The highest BCUT2D eigenvalue weighted by Gasteiger charge is 2.52. The molecular weight excluding hydrogens is 787 g/mol. The van der Waals surface area contributed by atoms with E-state index in [1.807, 2.05) is 24.3 Å². The summed E-state index contributed by atoms with van der Waals surface area (Å²) in [6, 6.07) is 85.3. The average Bonchev–Trinajstić information content (AvgIpc) is 3.86. The van der Waals surface area contributed by atoms with Crippen LogP contribution in [0.3, 0.4) is 0 Å². The second-order valence-corrected chi connectivity index (χ2v) is 17.0. The third-order valence-electron chi connectivity index (χ3n) is 13.5. The van der Waals surface area contributed by atoms with Crippen LogP contribution in [0.5, 0.6) is 0 Å². The molecule has 0 fully saturated rings. The van der Waals surface area contributed by atoms with Gasteiger partial charge in [0, 0.05) is 16.7 Å². The van der Waals surface area contributed by atoms with Gasteiger partial charge in [0.05, 0.1) is 5.41 Å². The van der Waals surface area contributed by atoms with Crippen LogP contribution in [0.4, 0.5) is 0 Å². The summed E-state index contributed by atoms with van der Waals surface area (Å²) < 4.78 is 0. The first-order valence-corrected chi connectivity index (χ1v) is 22.3. The van der Waals surface area contributed by atoms with Crippen molar-refractivity contribution in [3.05, 3.63) is 259 Å². The third kappa shape index (κ3) is 5.72. The molecule has 0 atom stereocenters. The molecule has 1 aromatic heterocycles. The Morgan fingerprint density at radius 2 is 0.677 bits per heavy atom. The Hall–Kier alpha value is -8.53. The van der Waals surface area contributed by atoms with Gasteiger partial charge in [-0.3, -0.25) is 0 Å². The average molecular weight is 826 g/mol. The summed E-state index contributed by atoms with van der Waals surface area (Å²) in [4.78, 5) is 15.5. The van der Waals surface area contributed by atoms with Gasteiger partial charge >= 0.3 is 0 Å². The molecule has 0 amide bonds. The molecule has 302 valence electrons. The van der Waals surface area contributed by atoms with E-state index in [4.69, 9.17) is 15.0 Å². The van der Waals surface area contributed by atoms with E-state index < -0.39 is 5.41 Å². The normalized spacial score (nSPS) is 12.7. The van der Waals surface area contributed by atoms with Gasteiger partial charge in [0.25, 0.3) is 0 Å². The summed E-state index contributed by atoms with van der Waals surface area (Å²) in [5.41, 5.74) is 19.8. The van der Waals surface area contributed by atoms with Gasteiger partial charge in [0.15, 0.2) is 17.5 Å². The first-order chi connectivity index (χ1) is 32.2. The maximum atomic E-state index is 5.24. The van der Waals surface area contributed by atoms with Crippen LogP contribution in [0, 0.1) is 0 Å². The number of rotatable bonds is 6. The lowest BCUT2D eigenvalue weighted by Crippen LogP contribution is -2.25. The summed E-state index contributed by atoms with van der Waals surface area (Å²) in [6.07, 6.45) is 0. The molecular formula is C62H39N3. The van der Waals surface area contributed by atoms with Crippen LogP contribution < -0.4 is 0 Å². The van der Waals surface area contributed by atoms with Gasteiger partial charge in [-0.05, 0) is 101 Å². The van der Waals surface area contributed by atoms with Gasteiger partial charge in [-0.15, -0.1) is 0 Å². The number of hydrogen-bond donors (Lipinski definition) is 0. The van der Waals surface area contributed by atoms with Crippen LogP contribution >= 0.6 is 0 Å². The van der Waals surface area contributed by atoms with Crippen molar-refractivity contribution < 1.29 is 0 Å². The lowest BCUT2D eigenvalue weighted by molar-refractivity contribution is 0.794. The molecule has 3 heteroatoms. The fraction of sp³-hybridized carbons (Fsp3) is 0.0161. The molecule has 65 heavy (non-hydrogen) atoms. The van der Waals surface area contributed by atoms with Gasteiger partial charge in [-0.25, -0.2) is 15.0 Å². The molecule has 1 spiro atoms. The smallest absolute Gasteiger partial charge is 0.164 e. The van der Waals surface area contributed by atoms with Crippen molar-refractivity contribution in [1.29, 1.82) is 0 Å². The molecule has 0 unspecified atom stereocenters. The Balaban J connectivity index is 1.02. The standard InChI is InChI=1S/C62H39N3/c1-3-18-40(19-4-1)43-23-15-25-45(38-43)60-63-59(42-21-5-2-6-22-42)64-61(65-60)46-26-16-24-44(39-46)57-47-27-8-7-20-41(47)36-37-51(57)50-31-17-35-56-58(50)52-30-11-14-34-55(52)62(56)53-32-12-9-28-48(53)49-29-10-13-33-54(49)62/h1-39H. The predicted octanol–water partition coefficient (Wildman–Crippen LogP) is 15.4. The van der Waals surface area contributed by atoms with Crippen LogP contribution in [0.15, 0.2) is 237 Å². The molecule has 0 N–H and O–H groups in total. The number of aromatic nitrogens is 3. The number of fused-ring (bicyclic) bond motifs is 11. The van der Waals surface area contributed by atoms with Crippen molar-refractivity contribution in [2.45, 2.75) is 5.41 Å². The van der Waals surface area contributed by atoms with Crippen molar-refractivity contribution in [1.82, 2.24) is 15.0 Å². The molecule has 1 heterocycles. The van der Waals surface area contributed by atoms with Gasteiger partial charge in [-0.2, -0.15) is 0 Å². The first-order valence-electron chi connectivity index (χ1n) is 22.3. The second-order valence-electron chi connectivity index (χ2n) is 17.0. The largest absolute Gasteiger partial charge is 0.208 e. The molecule has 0 saturated heterocycles. The van der Waals surface area contributed by atoms with E-state index in [0.29, 0.717) is 17.5 Å². The Kier molecular flexibility index (Phi) is 8.44. The minimum atomic E-state index is -0.431. The molecule has 0 radical (unpaired) electrons. The van der Waals surface area contributed by atoms with E-state index in [1.165, 1.54) is 72.0 Å². The van der Waals surface area contributed by atoms with E-state index in [0.717, 1.165) is 33.4 Å². The fourth-order valence-corrected chi connectivity index (χ4v) is 10.8. The van der Waals surface area contributed by atoms with Gasteiger partial charge < -0.3 is 0 Å². The second kappa shape index (κ2) is 14.8. The predicted molar refractivity (Wildman–Crippen MR) is 266 cm³/mol. The number of nitrogens with zero attached hydrogens (tertiary/aromatic N) is 3. The first kappa shape index (κ1) is 37.1. The fourth-order valence-electron chi connectivity index (χ4n) is 10.8. The summed E-state index contributed by atoms with van der Waals surface area (Å²) in [7, 11) is 0. The van der Waals surface area contributed by atoms with Crippen LogP contribution in [0.2, 0.25) is 0 Å². The highest BCUT2D eigenvalue weighted by molar-refractivity contribution is 6.08. The van der Waals surface area contributed by atoms with Crippen LogP contribution in [0.1, 0.15) is 22.3 Å². The lowest BCUT2D eigenvalue weighted by atomic mass is 9.70. The van der Waals surface area contributed by atoms with Crippen molar-refractivity contribution in [2.24, 2.45) is 0 Å². The molecule has 10 aromatic carbocycles. The van der Waals surface area contributed by atoms with Crippen molar-refractivity contribution in [2.75, 3.05) is 0 Å². The van der Waals surface area contributed by atoms with Gasteiger partial charge in [-0.1, -0.05) is 224 Å². The van der Waals surface area contributed by atoms with Crippen LogP contribution in [-0.2, 0) is 5.41 Å². The molecule has 3 nitrogen and oxygen atoms in total. The zero-order valence-electron chi connectivity index (χ0n) is 35.4. The highest BCUT2D eigenvalue weighted by atomic mass is 15.0. The maximum Gasteiger partial charge on any atom is 0.164 e. The van der Waals surface area contributed by atoms with Crippen LogP contribution in [-0.4, -0.2) is 15.0 Å². The molecule has 0 aliphatic heterocycles. The molecule has 0 saturated carbocycles. The van der Waals surface area contributed by atoms with E-state index in [9.17, 15) is 0 Å². The van der Waals surface area contributed by atoms with Crippen molar-refractivity contribution in [3.8, 4) is 89.8 Å². The van der Waals surface area contributed by atoms with Crippen molar-refractivity contribution in [3.63, 3.8) is 0 Å². The zero-order valence-corrected chi connectivity index (χ0v) is 35.4. The Morgan fingerprint density at radius 3 is 1.35 bits per heavy atom. The Bertz CT molecular complexity index is 3620. The van der Waals surface area contributed by atoms with E-state index in [1.54, 1.807) is 0 Å². The molecule has 2 aliphatic carbocycles. The zero-order chi connectivity index (χ0) is 42.9. The minimum absolute atomic E-state index is 0.431. The summed E-state index contributed by atoms with van der Waals surface area (Å²) in [5, 5.41) is 2.38. The Labute approximate surface area is 378 Å². The van der Waals surface area contributed by atoms with Gasteiger partial charge in [0.1, 0.15) is 0 Å². The van der Waals surface area contributed by atoms with Gasteiger partial charge in [0.2, 0.25) is 0 Å². The minimum Gasteiger partial charge on any atom is -0.208 e. The lowest BCUT2D eigenvalue weighted by Gasteiger charge is -2.30. The molecule has 2 aliphatic rings. The van der Waals surface area contributed by atoms with Crippen molar-refractivity contribution >= 4 is 10.8 Å². The van der Waals surface area contributed by atoms with E-state index in [-0.39, 0.29) is 0 Å². The Morgan fingerprint density at radius 1 is 0.246 bits per heavy atom. The van der Waals surface area contributed by atoms with E-state index >= 15 is 0 Å². The summed E-state index contributed by atoms with van der Waals surface area (Å²) in [6.45, 7) is 0.